The molecule has 1 N–H and O–H groups in total. The highest BCUT2D eigenvalue weighted by molar-refractivity contribution is 6.10. The Labute approximate surface area is 172 Å². The number of allylic oxidation sites excluding steroid dienone is 2. The lowest BCUT2D eigenvalue weighted by Crippen LogP contribution is -2.01. The van der Waals surface area contributed by atoms with Gasteiger partial charge < -0.3 is 19.3 Å². The number of carbonyl (C=O) groups excluding carboxylic acids is 2. The largest absolute Gasteiger partial charge is 0.504 e. The maximum Gasteiger partial charge on any atom is 0.163 e. The lowest BCUT2D eigenvalue weighted by atomic mass is 10.1. The average molecular weight is 388 g/mol. The summed E-state index contributed by atoms with van der Waals surface area (Å²) in [6.45, 7) is 0. The van der Waals surface area contributed by atoms with Crippen molar-refractivity contribution < 1.29 is 37.1 Å². The van der Waals surface area contributed by atoms with Gasteiger partial charge in [-0.05, 0) is 47.5 Å². The number of ketones is 2. The van der Waals surface area contributed by atoms with Crippen LogP contribution in [0.15, 0.2) is 48.6 Å². The van der Waals surface area contributed by atoms with Crippen molar-refractivity contribution >= 4 is 23.7 Å². The molecule has 0 radical (unpaired) electrons. The molecule has 0 amide bonds. The number of aromatic hydroxyl groups is 1. The number of carbonyl (C=O) groups is 2. The first kappa shape index (κ1) is 13.6. The van der Waals surface area contributed by atoms with E-state index in [2.05, 4.69) is 0 Å². The van der Waals surface area contributed by atoms with Gasteiger partial charge in [0.15, 0.2) is 34.6 Å². The Bertz CT molecular complexity index is 1100. The fourth-order valence-electron chi connectivity index (χ4n) is 2.26. The van der Waals surface area contributed by atoms with Crippen LogP contribution in [-0.4, -0.2) is 37.9 Å². The molecule has 2 aromatic carbocycles. The molecule has 2 aromatic rings. The number of benzene rings is 2. The molecule has 0 aromatic heterocycles. The van der Waals surface area contributed by atoms with Gasteiger partial charge in [-0.1, -0.05) is 24.3 Å². The van der Waals surface area contributed by atoms with Crippen LogP contribution in [0, 0.1) is 0 Å². The summed E-state index contributed by atoms with van der Waals surface area (Å²) in [6.07, 6.45) is 4.75. The molecule has 6 heteroatoms. The van der Waals surface area contributed by atoms with Crippen LogP contribution in [-0.2, 0) is 9.59 Å². The van der Waals surface area contributed by atoms with Crippen LogP contribution in [0.1, 0.15) is 25.8 Å². The molecular weight excluding hydrogens is 360 g/mol. The molecular formula is C22H22O6. The van der Waals surface area contributed by atoms with Gasteiger partial charge in [-0.2, -0.15) is 0 Å². The van der Waals surface area contributed by atoms with Gasteiger partial charge >= 0.3 is 0 Å². The second-order valence-electron chi connectivity index (χ2n) is 5.62. The lowest BCUT2D eigenvalue weighted by Gasteiger charge is -2.07. The minimum absolute atomic E-state index is 0.0447. The van der Waals surface area contributed by atoms with E-state index in [-0.39, 0.29) is 23.0 Å². The second-order valence-corrected chi connectivity index (χ2v) is 5.62. The number of phenolic OH excluding ortho intramolecular Hbond substituents is 1. The van der Waals surface area contributed by atoms with Crippen LogP contribution >= 0.6 is 0 Å². The van der Waals surface area contributed by atoms with Gasteiger partial charge in [0.2, 0.25) is 0 Å². The molecule has 0 aliphatic heterocycles. The highest BCUT2D eigenvalue weighted by Crippen LogP contribution is 2.28. The smallest absolute Gasteiger partial charge is 0.163 e. The van der Waals surface area contributed by atoms with Crippen LogP contribution in [0.5, 0.6) is 23.0 Å². The van der Waals surface area contributed by atoms with Gasteiger partial charge in [0.05, 0.1) is 35.8 Å². The van der Waals surface area contributed by atoms with Gasteiger partial charge in [-0.3, -0.25) is 9.59 Å². The van der Waals surface area contributed by atoms with Crippen LogP contribution in [0.2, 0.25) is 0 Å². The average Bonchev–Trinajstić information content (AvgIpc) is 2.71. The molecule has 0 aliphatic rings. The van der Waals surface area contributed by atoms with Crippen molar-refractivity contribution in [2.75, 3.05) is 21.2 Å². The summed E-state index contributed by atoms with van der Waals surface area (Å²) >= 11 is 0. The second kappa shape index (κ2) is 9.97. The Balaban J connectivity index is 2.08. The topological polar surface area (TPSA) is 82.1 Å². The lowest BCUT2D eigenvalue weighted by molar-refractivity contribution is -0.121. The fraction of sp³-hybridized carbons (Fsp3) is 0.182. The molecule has 28 heavy (non-hydrogen) atoms. The Morgan fingerprint density at radius 2 is 1.46 bits per heavy atom. The quantitative estimate of drug-likeness (QED) is 0.521. The molecule has 0 saturated carbocycles. The number of methoxy groups -OCH3 is 3. The van der Waals surface area contributed by atoms with E-state index in [9.17, 15) is 14.7 Å². The molecule has 0 heterocycles. The van der Waals surface area contributed by atoms with Gasteiger partial charge in [0.25, 0.3) is 0 Å². The Morgan fingerprint density at radius 1 is 0.893 bits per heavy atom. The number of phenols is 1. The SMILES string of the molecule is [2H]C([2H])([2H])Oc1ccc(/C=C/C(=O)CC(=O)/C=C/c2ccc(O)c(OC)c2)cc1OC([2H])([2H])[2H]. The molecule has 0 aliphatic carbocycles. The molecule has 6 nitrogen and oxygen atoms in total. The first-order valence-electron chi connectivity index (χ1n) is 11.1. The minimum Gasteiger partial charge on any atom is -0.504 e. The van der Waals surface area contributed by atoms with Crippen LogP contribution in [0.4, 0.5) is 0 Å². The zero-order chi connectivity index (χ0) is 25.5. The number of ether oxygens (including phenoxy) is 3. The maximum absolute atomic E-state index is 12.1. The molecule has 0 spiro atoms. The van der Waals surface area contributed by atoms with E-state index in [0.717, 1.165) is 6.08 Å². The monoisotopic (exact) mass is 388 g/mol. The molecule has 2 rings (SSSR count). The third-order valence-corrected chi connectivity index (χ3v) is 3.66. The summed E-state index contributed by atoms with van der Waals surface area (Å²) in [6, 6.07) is 8.32. The van der Waals surface area contributed by atoms with Crippen molar-refractivity contribution in [2.24, 2.45) is 0 Å². The molecule has 0 bridgehead atoms. The number of hydrogen-bond acceptors (Lipinski definition) is 6. The highest BCUT2D eigenvalue weighted by atomic mass is 16.5. The van der Waals surface area contributed by atoms with Crippen LogP contribution in [0.25, 0.3) is 12.2 Å². The van der Waals surface area contributed by atoms with Crippen molar-refractivity contribution in [3.63, 3.8) is 0 Å². The van der Waals surface area contributed by atoms with Crippen molar-refractivity contribution in [1.82, 2.24) is 0 Å². The van der Waals surface area contributed by atoms with Crippen molar-refractivity contribution in [3.05, 3.63) is 59.7 Å². The number of rotatable bonds is 9. The van der Waals surface area contributed by atoms with Crippen molar-refractivity contribution in [2.45, 2.75) is 6.42 Å². The first-order chi connectivity index (χ1) is 15.8. The minimum atomic E-state index is -2.86. The third-order valence-electron chi connectivity index (χ3n) is 3.66. The van der Waals surface area contributed by atoms with Crippen LogP contribution < -0.4 is 14.2 Å². The van der Waals surface area contributed by atoms with Crippen molar-refractivity contribution in [1.29, 1.82) is 0 Å². The standard InChI is InChI=1S/C22H22O6/c1-26-20-11-7-16(13-22(20)28-3)5-9-18(24)14-17(23)8-4-15-6-10-19(25)21(12-15)27-2/h4-13,25H,14H2,1-3H3/b8-4+,9-5+/i1D3,3D3. The van der Waals surface area contributed by atoms with E-state index in [1.165, 1.54) is 55.7 Å². The zero-order valence-electron chi connectivity index (χ0n) is 21.0. The molecule has 0 unspecified atom stereocenters. The van der Waals surface area contributed by atoms with Gasteiger partial charge in [0.1, 0.15) is 0 Å². The van der Waals surface area contributed by atoms with Gasteiger partial charge in [-0.25, -0.2) is 0 Å². The normalized spacial score (nSPS) is 15.0. The highest BCUT2D eigenvalue weighted by Gasteiger charge is 2.06. The summed E-state index contributed by atoms with van der Waals surface area (Å²) in [5, 5.41) is 9.59. The van der Waals surface area contributed by atoms with E-state index >= 15 is 0 Å². The summed E-state index contributed by atoms with van der Waals surface area (Å²) < 4.78 is 57.8. The molecule has 0 atom stereocenters. The zero-order valence-corrected chi connectivity index (χ0v) is 15.0. The molecule has 146 valence electrons. The summed E-state index contributed by atoms with van der Waals surface area (Å²) in [4.78, 5) is 24.2. The number of hydrogen-bond donors (Lipinski definition) is 1. The Hall–Kier alpha value is -3.54. The molecule has 0 saturated heterocycles. The van der Waals surface area contributed by atoms with E-state index in [0.29, 0.717) is 11.1 Å². The van der Waals surface area contributed by atoms with Crippen LogP contribution in [0.3, 0.4) is 0 Å². The van der Waals surface area contributed by atoms with E-state index in [1.807, 2.05) is 0 Å². The van der Waals surface area contributed by atoms with E-state index < -0.39 is 32.1 Å². The van der Waals surface area contributed by atoms with Crippen molar-refractivity contribution in [3.8, 4) is 23.0 Å². The predicted molar refractivity (Wildman–Crippen MR) is 107 cm³/mol. The third kappa shape index (κ3) is 5.74. The maximum atomic E-state index is 12.1. The predicted octanol–water partition coefficient (Wildman–Crippen LogP) is 3.67. The van der Waals surface area contributed by atoms with Gasteiger partial charge in [-0.15, -0.1) is 0 Å². The summed E-state index contributed by atoms with van der Waals surface area (Å²) in [5.41, 5.74) is 0.914. The summed E-state index contributed by atoms with van der Waals surface area (Å²) in [7, 11) is -4.28. The Kier molecular flexibility index (Phi) is 4.84. The van der Waals surface area contributed by atoms with Gasteiger partial charge in [0, 0.05) is 0 Å². The molecule has 0 fully saturated rings. The van der Waals surface area contributed by atoms with E-state index in [4.69, 9.17) is 22.4 Å². The first-order valence-corrected chi connectivity index (χ1v) is 8.07. The fourth-order valence-corrected chi connectivity index (χ4v) is 2.26. The van der Waals surface area contributed by atoms with E-state index in [1.54, 1.807) is 6.07 Å². The summed E-state index contributed by atoms with van der Waals surface area (Å²) in [5.74, 6) is -1.42. The Morgan fingerprint density at radius 3 is 2.07 bits per heavy atom.